The largest absolute Gasteiger partial charge is 0.497 e. The molecule has 1 aliphatic heterocycles. The van der Waals surface area contributed by atoms with Gasteiger partial charge in [-0.2, -0.15) is 0 Å². The average Bonchev–Trinajstić information content (AvgIpc) is 2.73. The molecule has 6 heteroatoms. The molecule has 1 aromatic carbocycles. The van der Waals surface area contributed by atoms with Gasteiger partial charge in [-0.3, -0.25) is 14.7 Å². The molecule has 3 heterocycles. The van der Waals surface area contributed by atoms with E-state index in [2.05, 4.69) is 30.7 Å². The maximum atomic E-state index is 12.7. The van der Waals surface area contributed by atoms with Gasteiger partial charge in [-0.1, -0.05) is 26.8 Å². The Morgan fingerprint density at radius 2 is 1.87 bits per heavy atom. The standard InChI is InChI=1S/C24H28N4O2/c1-24(2,3)23-26-21-12-13-28(15-19(21)22(29)27-23)14-17-6-5-7-20(25-17)16-8-10-18(30-4)11-9-16/h5-11H,12-15H2,1-4H3,(H,26,27,29). The van der Waals surface area contributed by atoms with E-state index in [0.717, 1.165) is 52.7 Å². The van der Waals surface area contributed by atoms with Crippen LogP contribution in [0.15, 0.2) is 47.3 Å². The van der Waals surface area contributed by atoms with Crippen LogP contribution in [0.5, 0.6) is 5.75 Å². The highest BCUT2D eigenvalue weighted by molar-refractivity contribution is 5.60. The predicted octanol–water partition coefficient (Wildman–Crippen LogP) is 3.70. The van der Waals surface area contributed by atoms with Crippen LogP contribution < -0.4 is 10.3 Å². The predicted molar refractivity (Wildman–Crippen MR) is 118 cm³/mol. The van der Waals surface area contributed by atoms with E-state index < -0.39 is 0 Å². The van der Waals surface area contributed by atoms with Crippen molar-refractivity contribution in [1.29, 1.82) is 0 Å². The van der Waals surface area contributed by atoms with Gasteiger partial charge in [-0.25, -0.2) is 4.98 Å². The van der Waals surface area contributed by atoms with Gasteiger partial charge in [0.2, 0.25) is 0 Å². The van der Waals surface area contributed by atoms with Crippen LogP contribution in [-0.4, -0.2) is 33.5 Å². The van der Waals surface area contributed by atoms with Crippen molar-refractivity contribution in [1.82, 2.24) is 19.9 Å². The Kier molecular flexibility index (Phi) is 5.43. The second kappa shape index (κ2) is 8.03. The van der Waals surface area contributed by atoms with E-state index in [4.69, 9.17) is 14.7 Å². The second-order valence-corrected chi connectivity index (χ2v) is 8.79. The van der Waals surface area contributed by atoms with E-state index in [0.29, 0.717) is 13.1 Å². The fourth-order valence-electron chi connectivity index (χ4n) is 3.69. The fraction of sp³-hybridized carbons (Fsp3) is 0.375. The van der Waals surface area contributed by atoms with Gasteiger partial charge in [0, 0.05) is 37.0 Å². The number of fused-ring (bicyclic) bond motifs is 1. The molecule has 0 fully saturated rings. The van der Waals surface area contributed by atoms with Gasteiger partial charge in [0.15, 0.2) is 0 Å². The van der Waals surface area contributed by atoms with Crippen molar-refractivity contribution in [2.24, 2.45) is 0 Å². The van der Waals surface area contributed by atoms with Crippen LogP contribution in [0.25, 0.3) is 11.3 Å². The van der Waals surface area contributed by atoms with Gasteiger partial charge in [0.05, 0.1) is 29.8 Å². The van der Waals surface area contributed by atoms with Gasteiger partial charge >= 0.3 is 0 Å². The van der Waals surface area contributed by atoms with Crippen LogP contribution in [0.3, 0.4) is 0 Å². The number of ether oxygens (including phenoxy) is 1. The Labute approximate surface area is 177 Å². The van der Waals surface area contributed by atoms with Crippen molar-refractivity contribution < 1.29 is 4.74 Å². The summed E-state index contributed by atoms with van der Waals surface area (Å²) in [5.41, 5.74) is 4.49. The van der Waals surface area contributed by atoms with E-state index in [9.17, 15) is 4.79 Å². The molecule has 1 N–H and O–H groups in total. The van der Waals surface area contributed by atoms with Crippen LogP contribution >= 0.6 is 0 Å². The molecule has 2 aromatic heterocycles. The highest BCUT2D eigenvalue weighted by atomic mass is 16.5. The molecule has 0 bridgehead atoms. The third-order valence-corrected chi connectivity index (χ3v) is 5.44. The normalized spacial score (nSPS) is 14.4. The Hall–Kier alpha value is -2.99. The molecule has 3 aromatic rings. The monoisotopic (exact) mass is 404 g/mol. The third kappa shape index (κ3) is 4.28. The zero-order valence-electron chi connectivity index (χ0n) is 18.0. The van der Waals surface area contributed by atoms with E-state index in [1.54, 1.807) is 7.11 Å². The number of benzene rings is 1. The molecule has 0 radical (unpaired) electrons. The van der Waals surface area contributed by atoms with Crippen molar-refractivity contribution in [3.63, 3.8) is 0 Å². The van der Waals surface area contributed by atoms with Gasteiger partial charge in [-0.15, -0.1) is 0 Å². The van der Waals surface area contributed by atoms with E-state index in [1.165, 1.54) is 0 Å². The first-order chi connectivity index (χ1) is 14.3. The lowest BCUT2D eigenvalue weighted by Gasteiger charge is -2.28. The minimum atomic E-state index is -0.170. The summed E-state index contributed by atoms with van der Waals surface area (Å²) in [5, 5.41) is 0. The molecule has 0 saturated heterocycles. The summed E-state index contributed by atoms with van der Waals surface area (Å²) in [6.07, 6.45) is 0.778. The van der Waals surface area contributed by atoms with Crippen LogP contribution in [0.2, 0.25) is 0 Å². The summed E-state index contributed by atoms with van der Waals surface area (Å²) in [4.78, 5) is 27.5. The molecule has 30 heavy (non-hydrogen) atoms. The number of aromatic amines is 1. The maximum Gasteiger partial charge on any atom is 0.255 e. The SMILES string of the molecule is COc1ccc(-c2cccc(CN3CCc4nc(C(C)(C)C)[nH]c(=O)c4C3)n2)cc1. The average molecular weight is 405 g/mol. The summed E-state index contributed by atoms with van der Waals surface area (Å²) >= 11 is 0. The van der Waals surface area contributed by atoms with Gasteiger partial charge in [0.25, 0.3) is 5.56 Å². The zero-order chi connectivity index (χ0) is 21.3. The molecule has 0 amide bonds. The quantitative estimate of drug-likeness (QED) is 0.718. The van der Waals surface area contributed by atoms with E-state index >= 15 is 0 Å². The first-order valence-electron chi connectivity index (χ1n) is 10.3. The van der Waals surface area contributed by atoms with Crippen LogP contribution in [-0.2, 0) is 24.9 Å². The summed E-state index contributed by atoms with van der Waals surface area (Å²) in [5.74, 6) is 1.59. The minimum Gasteiger partial charge on any atom is -0.497 e. The summed E-state index contributed by atoms with van der Waals surface area (Å²) < 4.78 is 5.23. The van der Waals surface area contributed by atoms with Crippen molar-refractivity contribution in [2.45, 2.75) is 45.7 Å². The Bertz CT molecular complexity index is 1100. The summed E-state index contributed by atoms with van der Waals surface area (Å²) in [6, 6.07) is 14.0. The number of pyridine rings is 1. The maximum absolute atomic E-state index is 12.7. The lowest BCUT2D eigenvalue weighted by Crippen LogP contribution is -2.37. The first-order valence-corrected chi connectivity index (χ1v) is 10.3. The highest BCUT2D eigenvalue weighted by Gasteiger charge is 2.25. The molecular weight excluding hydrogens is 376 g/mol. The number of H-pyrrole nitrogens is 1. The molecule has 0 aliphatic carbocycles. The summed E-state index contributed by atoms with van der Waals surface area (Å²) in [7, 11) is 1.66. The number of rotatable bonds is 4. The van der Waals surface area contributed by atoms with E-state index in [-0.39, 0.29) is 11.0 Å². The van der Waals surface area contributed by atoms with Gasteiger partial charge in [0.1, 0.15) is 11.6 Å². The molecule has 0 unspecified atom stereocenters. The van der Waals surface area contributed by atoms with Gasteiger partial charge in [-0.05, 0) is 36.4 Å². The molecule has 0 saturated carbocycles. The Balaban J connectivity index is 1.52. The molecule has 0 atom stereocenters. The second-order valence-electron chi connectivity index (χ2n) is 8.79. The molecule has 156 valence electrons. The van der Waals surface area contributed by atoms with Crippen LogP contribution in [0.4, 0.5) is 0 Å². The van der Waals surface area contributed by atoms with E-state index in [1.807, 2.05) is 42.5 Å². The molecule has 1 aliphatic rings. The lowest BCUT2D eigenvalue weighted by atomic mass is 9.95. The Morgan fingerprint density at radius 3 is 2.57 bits per heavy atom. The number of nitrogens with one attached hydrogen (secondary N) is 1. The zero-order valence-corrected chi connectivity index (χ0v) is 18.0. The number of hydrogen-bond acceptors (Lipinski definition) is 5. The summed E-state index contributed by atoms with van der Waals surface area (Å²) in [6.45, 7) is 8.35. The van der Waals surface area contributed by atoms with Crippen molar-refractivity contribution in [3.05, 3.63) is 75.6 Å². The number of aromatic nitrogens is 3. The molecular formula is C24H28N4O2. The fourth-order valence-corrected chi connectivity index (χ4v) is 3.69. The van der Waals surface area contributed by atoms with Crippen LogP contribution in [0.1, 0.15) is 43.5 Å². The smallest absolute Gasteiger partial charge is 0.255 e. The van der Waals surface area contributed by atoms with Crippen molar-refractivity contribution in [2.75, 3.05) is 13.7 Å². The number of methoxy groups -OCH3 is 1. The number of hydrogen-bond donors (Lipinski definition) is 1. The minimum absolute atomic E-state index is 0.0189. The van der Waals surface area contributed by atoms with Crippen LogP contribution in [0, 0.1) is 0 Å². The van der Waals surface area contributed by atoms with Crippen molar-refractivity contribution >= 4 is 0 Å². The third-order valence-electron chi connectivity index (χ3n) is 5.44. The molecule has 6 nitrogen and oxygen atoms in total. The molecule has 4 rings (SSSR count). The lowest BCUT2D eigenvalue weighted by molar-refractivity contribution is 0.238. The Morgan fingerprint density at radius 1 is 1.10 bits per heavy atom. The van der Waals surface area contributed by atoms with Gasteiger partial charge < -0.3 is 9.72 Å². The topological polar surface area (TPSA) is 71.1 Å². The highest BCUT2D eigenvalue weighted by Crippen LogP contribution is 2.23. The van der Waals surface area contributed by atoms with Crippen molar-refractivity contribution in [3.8, 4) is 17.0 Å². The first kappa shape index (κ1) is 20.3. The molecule has 0 spiro atoms. The number of nitrogens with zero attached hydrogens (tertiary/aromatic N) is 3.